The second-order valence-electron chi connectivity index (χ2n) is 2.25. The van der Waals surface area contributed by atoms with Crippen LogP contribution in [0.4, 0.5) is 0 Å². The van der Waals surface area contributed by atoms with Gasteiger partial charge in [0.15, 0.2) is 0 Å². The Bertz CT molecular complexity index is 294. The van der Waals surface area contributed by atoms with Crippen LogP contribution in [0.1, 0.15) is 5.56 Å². The molecule has 0 aliphatic carbocycles. The molecule has 0 spiro atoms. The molecule has 1 nitrogen and oxygen atoms in total. The van der Waals surface area contributed by atoms with Crippen molar-refractivity contribution < 1.29 is 74.6 Å². The molecule has 96 valence electrons. The van der Waals surface area contributed by atoms with E-state index >= 15 is 0 Å². The summed E-state index contributed by atoms with van der Waals surface area (Å²) in [6.45, 7) is 0.705. The number of ether oxygens (including phenoxy) is 1. The molecule has 1 aliphatic rings. The molecule has 1 heterocycles. The zero-order valence-electron chi connectivity index (χ0n) is 8.65. The third-order valence-corrected chi connectivity index (χ3v) is 1.55. The van der Waals surface area contributed by atoms with Gasteiger partial charge in [0.2, 0.25) is 0 Å². The number of hydrogen-bond donors (Lipinski definition) is 0. The summed E-state index contributed by atoms with van der Waals surface area (Å²) >= 11 is 0. The molecule has 16 heavy (non-hydrogen) atoms. The van der Waals surface area contributed by atoms with E-state index in [1.165, 1.54) is 5.56 Å². The maximum atomic E-state index is 5.34. The van der Waals surface area contributed by atoms with Crippen LogP contribution in [-0.2, 0) is 69.8 Å². The molecule has 1 aromatic carbocycles. The molecular weight excluding hydrogens is 653 g/mol. The zero-order chi connectivity index (χ0) is 6.81. The predicted molar refractivity (Wildman–Crippen MR) is 59.5 cm³/mol. The van der Waals surface area contributed by atoms with Gasteiger partial charge in [-0.2, -0.15) is 0 Å². The van der Waals surface area contributed by atoms with E-state index in [4.69, 9.17) is 4.74 Å². The molecule has 0 saturated heterocycles. The first kappa shape index (κ1) is 31.0. The minimum absolute atomic E-state index is 0. The van der Waals surface area contributed by atoms with E-state index < -0.39 is 0 Å². The van der Waals surface area contributed by atoms with Crippen LogP contribution in [0.3, 0.4) is 0 Å². The van der Waals surface area contributed by atoms with Crippen LogP contribution in [0.25, 0.3) is 6.08 Å². The number of hydrogen-bond acceptors (Lipinski definition) is 1. The molecule has 1 aliphatic heterocycles. The van der Waals surface area contributed by atoms with Crippen molar-refractivity contribution in [1.29, 1.82) is 0 Å². The van der Waals surface area contributed by atoms with E-state index in [9.17, 15) is 0 Å². The Hall–Kier alpha value is 2.38. The molecule has 0 amide bonds. The van der Waals surface area contributed by atoms with Crippen molar-refractivity contribution in [3.05, 3.63) is 35.9 Å². The minimum atomic E-state index is 0. The van der Waals surface area contributed by atoms with Gasteiger partial charge in [0.05, 0.1) is 0 Å². The fraction of sp³-hybridized carbons (Fsp3) is 0.111. The van der Waals surface area contributed by atoms with Gasteiger partial charge in [0.25, 0.3) is 0 Å². The maximum absolute atomic E-state index is 5.34. The van der Waals surface area contributed by atoms with Crippen LogP contribution in [0.15, 0.2) is 30.3 Å². The van der Waals surface area contributed by atoms with E-state index in [-0.39, 0.29) is 115 Å². The molecule has 1 unspecified atom stereocenters. The summed E-state index contributed by atoms with van der Waals surface area (Å²) in [7, 11) is 0. The van der Waals surface area contributed by atoms with Gasteiger partial charge in [-0.25, -0.2) is 0 Å². The second kappa shape index (κ2) is 17.4. The van der Waals surface area contributed by atoms with Crippen LogP contribution in [0, 0.1) is 0 Å². The summed E-state index contributed by atoms with van der Waals surface area (Å²) < 4.78 is 5.34. The summed E-state index contributed by atoms with van der Waals surface area (Å²) in [5.74, 6) is 0.991. The molecule has 0 N–H and O–H groups in total. The number of fused-ring (bicyclic) bond motifs is 1. The summed E-state index contributed by atoms with van der Waals surface area (Å²) in [5, 5.41) is 0. The van der Waals surface area contributed by atoms with Gasteiger partial charge in [0.1, 0.15) is 12.4 Å². The molecule has 0 bridgehead atoms. The van der Waals surface area contributed by atoms with E-state index in [1.54, 1.807) is 0 Å². The van der Waals surface area contributed by atoms with Gasteiger partial charge in [-0.05, 0) is 12.1 Å². The van der Waals surface area contributed by atoms with Crippen LogP contribution in [-0.4, -0.2) is 51.9 Å². The van der Waals surface area contributed by atoms with E-state index in [0.717, 1.165) is 5.75 Å². The predicted octanol–water partition coefficient (Wildman–Crippen LogP) is -0.0179. The summed E-state index contributed by atoms with van der Waals surface area (Å²) in [5.41, 5.74) is 1.17. The average molecular weight is 666 g/mol. The maximum Gasteiger partial charge on any atom is 0 e. The quantitative estimate of drug-likeness (QED) is 0.355. The Morgan fingerprint density at radius 3 is 2.25 bits per heavy atom. The molecular formula is C9H13AsCoCuNiOPbZn. The van der Waals surface area contributed by atoms with Crippen LogP contribution in [0.2, 0.25) is 0 Å². The van der Waals surface area contributed by atoms with E-state index in [0.29, 0.717) is 6.61 Å². The monoisotopic (exact) mass is 664 g/mol. The van der Waals surface area contributed by atoms with Crippen LogP contribution in [0.5, 0.6) is 5.75 Å². The number of para-hydroxylation sites is 1. The third-order valence-electron chi connectivity index (χ3n) is 1.55. The fourth-order valence-electron chi connectivity index (χ4n) is 1.06. The Labute approximate surface area is 172 Å². The second-order valence-corrected chi connectivity index (χ2v) is 2.25. The number of rotatable bonds is 0. The normalized spacial score (nSPS) is 8.75. The fourth-order valence-corrected chi connectivity index (χ4v) is 1.06. The Kier molecular flexibility index (Phi) is 33.7. The van der Waals surface area contributed by atoms with E-state index in [1.807, 2.05) is 30.3 Å². The largest absolute Gasteiger partial charge is 0 e. The first-order valence-electron chi connectivity index (χ1n) is 3.35. The van der Waals surface area contributed by atoms with Crippen molar-refractivity contribution in [2.45, 2.75) is 0 Å². The van der Waals surface area contributed by atoms with Crippen LogP contribution >= 0.6 is 0 Å². The standard InChI is InChI=1S/C9H8O.AsH3.Co.Cu.Ni.Pb.Zn.2H/c1-2-6-9-8(4-1)5-3-7-10-9;;;;;;;;/h1-6H,7H2;1H3;;;;;;;. The molecule has 0 fully saturated rings. The first-order valence-corrected chi connectivity index (χ1v) is 3.35. The zero-order valence-corrected chi connectivity index (χ0v) is 23.1. The summed E-state index contributed by atoms with van der Waals surface area (Å²) in [6, 6.07) is 8.03. The molecule has 1 atom stereocenters. The molecule has 0 aromatic heterocycles. The Morgan fingerprint density at radius 2 is 1.69 bits per heavy atom. The van der Waals surface area contributed by atoms with Crippen molar-refractivity contribution in [3.8, 4) is 5.75 Å². The van der Waals surface area contributed by atoms with Crippen molar-refractivity contribution in [2.24, 2.45) is 0 Å². The van der Waals surface area contributed by atoms with Gasteiger partial charge in [0, 0.05) is 75.4 Å². The van der Waals surface area contributed by atoms with Crippen LogP contribution < -0.4 is 4.74 Å². The topological polar surface area (TPSA) is 9.23 Å². The first-order chi connectivity index (χ1) is 4.97. The van der Waals surface area contributed by atoms with Gasteiger partial charge < -0.3 is 4.74 Å². The Balaban J connectivity index is -0.0000000672. The molecule has 4 radical (unpaired) electrons. The summed E-state index contributed by atoms with van der Waals surface area (Å²) in [4.78, 5) is 0. The SMILES string of the molecule is C1=Cc2ccccc2OC1.[AsH3].[Co].[Cu].[Ni].[PbH2].[Zn]. The van der Waals surface area contributed by atoms with Crippen molar-refractivity contribution >= 4 is 51.3 Å². The van der Waals surface area contributed by atoms with Crippen molar-refractivity contribution in [3.63, 3.8) is 0 Å². The van der Waals surface area contributed by atoms with Gasteiger partial charge >= 0.3 is 45.3 Å². The molecule has 7 heteroatoms. The number of benzene rings is 1. The molecule has 0 saturated carbocycles. The van der Waals surface area contributed by atoms with Gasteiger partial charge in [-0.1, -0.05) is 24.3 Å². The average Bonchev–Trinajstić information content (AvgIpc) is 2.05. The van der Waals surface area contributed by atoms with Crippen molar-refractivity contribution in [1.82, 2.24) is 0 Å². The van der Waals surface area contributed by atoms with Crippen molar-refractivity contribution in [2.75, 3.05) is 6.61 Å². The molecule has 2 rings (SSSR count). The van der Waals surface area contributed by atoms with Gasteiger partial charge in [-0.3, -0.25) is 0 Å². The van der Waals surface area contributed by atoms with E-state index in [2.05, 4.69) is 6.08 Å². The minimum Gasteiger partial charge on any atom is 0 e. The summed E-state index contributed by atoms with van der Waals surface area (Å²) in [6.07, 6.45) is 4.10. The molecule has 1 aromatic rings. The Morgan fingerprint density at radius 1 is 1.12 bits per heavy atom. The smallest absolute Gasteiger partial charge is 0 e. The van der Waals surface area contributed by atoms with Gasteiger partial charge in [-0.15, -0.1) is 0 Å². The third kappa shape index (κ3) is 9.33.